The first-order valence-corrected chi connectivity index (χ1v) is 5.89. The molecule has 3 aromatic rings. The molecule has 3 rings (SSSR count). The standard InChI is InChI=1S/C13H11N5O2/c1-18-8-10(7-15-18)16-13(19)11-5-12(20-17-11)9-3-2-4-14-6-9/h2-8H,1H3,(H,16,19). The SMILES string of the molecule is Cn1cc(NC(=O)c2cc(-c3cccnc3)on2)cn1. The summed E-state index contributed by atoms with van der Waals surface area (Å²) in [5.74, 6) is 0.145. The molecule has 0 saturated heterocycles. The molecule has 1 N–H and O–H groups in total. The fraction of sp³-hybridized carbons (Fsp3) is 0.0769. The summed E-state index contributed by atoms with van der Waals surface area (Å²) in [6.07, 6.45) is 6.55. The number of pyridine rings is 1. The summed E-state index contributed by atoms with van der Waals surface area (Å²) < 4.78 is 6.74. The number of nitrogens with one attached hydrogen (secondary N) is 1. The van der Waals surface area contributed by atoms with Crippen LogP contribution in [0.15, 0.2) is 47.5 Å². The minimum absolute atomic E-state index is 0.202. The van der Waals surface area contributed by atoms with Crippen molar-refractivity contribution < 1.29 is 9.32 Å². The zero-order valence-corrected chi connectivity index (χ0v) is 10.6. The molecule has 3 heterocycles. The Hall–Kier alpha value is -2.96. The molecule has 0 bridgehead atoms. The Morgan fingerprint density at radius 1 is 1.40 bits per heavy atom. The molecule has 20 heavy (non-hydrogen) atoms. The summed E-state index contributed by atoms with van der Waals surface area (Å²) in [6.45, 7) is 0. The molecule has 0 aliphatic carbocycles. The maximum Gasteiger partial charge on any atom is 0.277 e. The van der Waals surface area contributed by atoms with Gasteiger partial charge in [-0.3, -0.25) is 14.5 Å². The number of carbonyl (C=O) groups is 1. The third kappa shape index (κ3) is 2.41. The number of hydrogen-bond acceptors (Lipinski definition) is 5. The van der Waals surface area contributed by atoms with Crippen LogP contribution in [-0.2, 0) is 7.05 Å². The molecule has 0 aliphatic rings. The van der Waals surface area contributed by atoms with Crippen molar-refractivity contribution in [3.63, 3.8) is 0 Å². The molecule has 0 unspecified atom stereocenters. The number of aromatic nitrogens is 4. The summed E-state index contributed by atoms with van der Waals surface area (Å²) >= 11 is 0. The Kier molecular flexibility index (Phi) is 3.00. The predicted molar refractivity (Wildman–Crippen MR) is 70.9 cm³/mol. The van der Waals surface area contributed by atoms with Gasteiger partial charge in [0.2, 0.25) is 0 Å². The van der Waals surface area contributed by atoms with E-state index in [1.54, 1.807) is 48.6 Å². The van der Waals surface area contributed by atoms with Crippen molar-refractivity contribution in [2.24, 2.45) is 7.05 Å². The molecular formula is C13H11N5O2. The molecule has 3 aromatic heterocycles. The lowest BCUT2D eigenvalue weighted by molar-refractivity contribution is 0.101. The van der Waals surface area contributed by atoms with E-state index in [0.717, 1.165) is 5.56 Å². The molecule has 7 heteroatoms. The number of nitrogens with zero attached hydrogens (tertiary/aromatic N) is 4. The van der Waals surface area contributed by atoms with Crippen LogP contribution >= 0.6 is 0 Å². The van der Waals surface area contributed by atoms with Gasteiger partial charge in [-0.15, -0.1) is 0 Å². The number of hydrogen-bond donors (Lipinski definition) is 1. The molecule has 0 radical (unpaired) electrons. The molecule has 0 spiro atoms. The van der Waals surface area contributed by atoms with Crippen LogP contribution in [0.2, 0.25) is 0 Å². The van der Waals surface area contributed by atoms with Crippen LogP contribution in [-0.4, -0.2) is 25.8 Å². The summed E-state index contributed by atoms with van der Waals surface area (Å²) in [7, 11) is 1.77. The van der Waals surface area contributed by atoms with Crippen molar-refractivity contribution in [2.75, 3.05) is 5.32 Å². The predicted octanol–water partition coefficient (Wildman–Crippen LogP) is 1.72. The quantitative estimate of drug-likeness (QED) is 0.782. The van der Waals surface area contributed by atoms with E-state index < -0.39 is 0 Å². The second-order valence-corrected chi connectivity index (χ2v) is 4.17. The lowest BCUT2D eigenvalue weighted by Gasteiger charge is -1.96. The highest BCUT2D eigenvalue weighted by atomic mass is 16.5. The van der Waals surface area contributed by atoms with Gasteiger partial charge in [-0.25, -0.2) is 0 Å². The van der Waals surface area contributed by atoms with Gasteiger partial charge in [0.1, 0.15) is 0 Å². The van der Waals surface area contributed by atoms with Gasteiger partial charge in [-0.05, 0) is 12.1 Å². The highest BCUT2D eigenvalue weighted by Gasteiger charge is 2.14. The van der Waals surface area contributed by atoms with Gasteiger partial charge < -0.3 is 9.84 Å². The first-order chi connectivity index (χ1) is 9.72. The number of amides is 1. The van der Waals surface area contributed by atoms with Gasteiger partial charge in [-0.1, -0.05) is 5.16 Å². The number of carbonyl (C=O) groups excluding carboxylic acids is 1. The van der Waals surface area contributed by atoms with Crippen LogP contribution in [0, 0.1) is 0 Å². The maximum atomic E-state index is 12.0. The zero-order chi connectivity index (χ0) is 13.9. The fourth-order valence-corrected chi connectivity index (χ4v) is 1.71. The number of anilines is 1. The van der Waals surface area contributed by atoms with E-state index in [1.807, 2.05) is 6.07 Å². The van der Waals surface area contributed by atoms with Crippen molar-refractivity contribution in [2.45, 2.75) is 0 Å². The van der Waals surface area contributed by atoms with E-state index in [0.29, 0.717) is 11.4 Å². The van der Waals surface area contributed by atoms with Gasteiger partial charge >= 0.3 is 0 Å². The number of rotatable bonds is 3. The van der Waals surface area contributed by atoms with Crippen LogP contribution in [0.3, 0.4) is 0 Å². The Balaban J connectivity index is 1.78. The van der Waals surface area contributed by atoms with Crippen molar-refractivity contribution in [3.8, 4) is 11.3 Å². The molecule has 100 valence electrons. The Morgan fingerprint density at radius 2 is 2.30 bits per heavy atom. The lowest BCUT2D eigenvalue weighted by atomic mass is 10.2. The highest BCUT2D eigenvalue weighted by Crippen LogP contribution is 2.19. The van der Waals surface area contributed by atoms with Crippen molar-refractivity contribution in [3.05, 3.63) is 48.7 Å². The molecule has 7 nitrogen and oxygen atoms in total. The number of aryl methyl sites for hydroxylation is 1. The van der Waals surface area contributed by atoms with Crippen LogP contribution in [0.4, 0.5) is 5.69 Å². The van der Waals surface area contributed by atoms with E-state index in [-0.39, 0.29) is 11.6 Å². The Morgan fingerprint density at radius 3 is 3.00 bits per heavy atom. The van der Waals surface area contributed by atoms with Crippen LogP contribution in [0.25, 0.3) is 11.3 Å². The Bertz CT molecular complexity index is 732. The van der Waals surface area contributed by atoms with E-state index in [4.69, 9.17) is 4.52 Å². The smallest absolute Gasteiger partial charge is 0.277 e. The Labute approximate surface area is 114 Å². The molecule has 0 atom stereocenters. The third-order valence-corrected chi connectivity index (χ3v) is 2.65. The van der Waals surface area contributed by atoms with E-state index in [9.17, 15) is 4.79 Å². The third-order valence-electron chi connectivity index (χ3n) is 2.65. The molecular weight excluding hydrogens is 258 g/mol. The van der Waals surface area contributed by atoms with E-state index in [2.05, 4.69) is 20.6 Å². The molecule has 0 fully saturated rings. The zero-order valence-electron chi connectivity index (χ0n) is 10.6. The van der Waals surface area contributed by atoms with Gasteiger partial charge in [0, 0.05) is 37.3 Å². The second-order valence-electron chi connectivity index (χ2n) is 4.17. The van der Waals surface area contributed by atoms with Crippen molar-refractivity contribution in [1.29, 1.82) is 0 Å². The highest BCUT2D eigenvalue weighted by molar-refractivity contribution is 6.03. The largest absolute Gasteiger partial charge is 0.355 e. The fourth-order valence-electron chi connectivity index (χ4n) is 1.71. The first-order valence-electron chi connectivity index (χ1n) is 5.89. The van der Waals surface area contributed by atoms with Crippen LogP contribution < -0.4 is 5.32 Å². The molecule has 0 saturated carbocycles. The molecule has 0 aliphatic heterocycles. The first kappa shape index (κ1) is 12.1. The van der Waals surface area contributed by atoms with Gasteiger partial charge in [0.15, 0.2) is 11.5 Å². The minimum Gasteiger partial charge on any atom is -0.355 e. The van der Waals surface area contributed by atoms with E-state index >= 15 is 0 Å². The average molecular weight is 269 g/mol. The molecule has 1 amide bonds. The van der Waals surface area contributed by atoms with Crippen molar-refractivity contribution >= 4 is 11.6 Å². The normalized spacial score (nSPS) is 10.4. The molecule has 0 aromatic carbocycles. The summed E-state index contributed by atoms with van der Waals surface area (Å²) in [5.41, 5.74) is 1.57. The van der Waals surface area contributed by atoms with Gasteiger partial charge in [-0.2, -0.15) is 5.10 Å². The van der Waals surface area contributed by atoms with Crippen LogP contribution in [0.1, 0.15) is 10.5 Å². The minimum atomic E-state index is -0.350. The van der Waals surface area contributed by atoms with Crippen LogP contribution in [0.5, 0.6) is 0 Å². The van der Waals surface area contributed by atoms with E-state index in [1.165, 1.54) is 0 Å². The monoisotopic (exact) mass is 269 g/mol. The summed E-state index contributed by atoms with van der Waals surface area (Å²) in [6, 6.07) is 5.19. The average Bonchev–Trinajstić information content (AvgIpc) is 3.09. The summed E-state index contributed by atoms with van der Waals surface area (Å²) in [4.78, 5) is 16.0. The lowest BCUT2D eigenvalue weighted by Crippen LogP contribution is -2.11. The maximum absolute atomic E-state index is 12.0. The topological polar surface area (TPSA) is 85.8 Å². The summed E-state index contributed by atoms with van der Waals surface area (Å²) in [5, 5.41) is 10.4. The van der Waals surface area contributed by atoms with Gasteiger partial charge in [0.25, 0.3) is 5.91 Å². The van der Waals surface area contributed by atoms with Crippen molar-refractivity contribution in [1.82, 2.24) is 19.9 Å². The van der Waals surface area contributed by atoms with Gasteiger partial charge in [0.05, 0.1) is 11.9 Å². The second kappa shape index (κ2) is 4.96.